The molecule has 7 heteroatoms. The molecule has 0 N–H and O–H groups in total. The number of hydrogen-bond acceptors (Lipinski definition) is 4. The molecule has 1 heterocycles. The predicted molar refractivity (Wildman–Crippen MR) is 118 cm³/mol. The molecule has 0 bridgehead atoms. The van der Waals surface area contributed by atoms with Crippen LogP contribution >= 0.6 is 0 Å². The minimum Gasteiger partial charge on any atom is -0.493 e. The molecule has 0 unspecified atom stereocenters. The fourth-order valence-corrected chi connectivity index (χ4v) is 5.82. The molecule has 4 rings (SSSR count). The molecule has 31 heavy (non-hydrogen) atoms. The molecule has 0 radical (unpaired) electrons. The molecule has 0 saturated carbocycles. The Kier molecular flexibility index (Phi) is 5.96. The van der Waals surface area contributed by atoms with E-state index >= 15 is 0 Å². The highest BCUT2D eigenvalue weighted by Gasteiger charge is 2.34. The fraction of sp³-hybridized carbons (Fsp3) is 0.292. The van der Waals surface area contributed by atoms with E-state index in [9.17, 15) is 17.6 Å². The lowest BCUT2D eigenvalue weighted by atomic mass is 10.0. The number of halogens is 1. The number of piperidine rings is 1. The number of carbonyl (C=O) groups is 1. The number of rotatable bonds is 5. The molecule has 162 valence electrons. The molecule has 1 fully saturated rings. The zero-order chi connectivity index (χ0) is 22.0. The van der Waals surface area contributed by atoms with Crippen LogP contribution in [0.15, 0.2) is 65.6 Å². The Bertz CT molecular complexity index is 1200. The van der Waals surface area contributed by atoms with Crippen molar-refractivity contribution in [3.8, 4) is 5.75 Å². The highest BCUT2D eigenvalue weighted by Crippen LogP contribution is 2.31. The first-order chi connectivity index (χ1) is 14.9. The van der Waals surface area contributed by atoms with Gasteiger partial charge in [-0.05, 0) is 60.9 Å². The van der Waals surface area contributed by atoms with Crippen molar-refractivity contribution in [1.82, 2.24) is 4.90 Å². The Hall–Kier alpha value is -2.93. The standard InChI is InChI=1S/C24H24FNO4S/c1-2-30-22-12-7-17-5-3-4-6-21(17)23(22)24(27)26-15-13-20(14-16-26)31(28,29)19-10-8-18(25)9-11-19/h3-12,20H,2,13-16H2,1H3. The molecule has 1 amide bonds. The van der Waals surface area contributed by atoms with Gasteiger partial charge in [0.15, 0.2) is 9.84 Å². The second-order valence-electron chi connectivity index (χ2n) is 7.58. The van der Waals surface area contributed by atoms with E-state index in [2.05, 4.69) is 0 Å². The van der Waals surface area contributed by atoms with Gasteiger partial charge in [-0.3, -0.25) is 4.79 Å². The third-order valence-electron chi connectivity index (χ3n) is 5.71. The molecule has 0 spiro atoms. The van der Waals surface area contributed by atoms with Gasteiger partial charge < -0.3 is 9.64 Å². The summed E-state index contributed by atoms with van der Waals surface area (Å²) in [6, 6.07) is 16.3. The van der Waals surface area contributed by atoms with Crippen LogP contribution in [-0.2, 0) is 9.84 Å². The summed E-state index contributed by atoms with van der Waals surface area (Å²) in [5.41, 5.74) is 0.514. The molecule has 0 atom stereocenters. The molecule has 5 nitrogen and oxygen atoms in total. The summed E-state index contributed by atoms with van der Waals surface area (Å²) in [6.07, 6.45) is 0.667. The molecule has 1 saturated heterocycles. The first kappa shape index (κ1) is 21.3. The van der Waals surface area contributed by atoms with Gasteiger partial charge in [-0.2, -0.15) is 0 Å². The summed E-state index contributed by atoms with van der Waals surface area (Å²) in [5, 5.41) is 1.17. The summed E-state index contributed by atoms with van der Waals surface area (Å²) in [7, 11) is -3.57. The van der Waals surface area contributed by atoms with Crippen molar-refractivity contribution in [2.75, 3.05) is 19.7 Å². The normalized spacial score (nSPS) is 15.2. The van der Waals surface area contributed by atoms with Crippen LogP contribution in [0.5, 0.6) is 5.75 Å². The van der Waals surface area contributed by atoms with Crippen LogP contribution in [0.1, 0.15) is 30.1 Å². The number of carbonyl (C=O) groups excluding carboxylic acids is 1. The first-order valence-corrected chi connectivity index (χ1v) is 11.9. The molecule has 3 aromatic carbocycles. The second-order valence-corrected chi connectivity index (χ2v) is 9.81. The van der Waals surface area contributed by atoms with Gasteiger partial charge in [-0.1, -0.05) is 30.3 Å². The van der Waals surface area contributed by atoms with Crippen LogP contribution in [0.3, 0.4) is 0 Å². The van der Waals surface area contributed by atoms with Gasteiger partial charge in [0.2, 0.25) is 0 Å². The smallest absolute Gasteiger partial charge is 0.258 e. The number of amides is 1. The summed E-state index contributed by atoms with van der Waals surface area (Å²) in [4.78, 5) is 15.2. The Morgan fingerprint density at radius 1 is 1.03 bits per heavy atom. The van der Waals surface area contributed by atoms with E-state index in [1.165, 1.54) is 12.1 Å². The topological polar surface area (TPSA) is 63.7 Å². The van der Waals surface area contributed by atoms with Crippen molar-refractivity contribution in [3.05, 3.63) is 72.0 Å². The maximum absolute atomic E-state index is 13.4. The summed E-state index contributed by atoms with van der Waals surface area (Å²) in [6.45, 7) is 2.98. The summed E-state index contributed by atoms with van der Waals surface area (Å²) in [5.74, 6) is -0.0929. The SMILES string of the molecule is CCOc1ccc2ccccc2c1C(=O)N1CCC(S(=O)(=O)c2ccc(F)cc2)CC1. The highest BCUT2D eigenvalue weighted by molar-refractivity contribution is 7.92. The quantitative estimate of drug-likeness (QED) is 0.549. The van der Waals surface area contributed by atoms with E-state index in [0.717, 1.165) is 22.9 Å². The van der Waals surface area contributed by atoms with Crippen molar-refractivity contribution in [2.24, 2.45) is 0 Å². The number of nitrogens with zero attached hydrogens (tertiary/aromatic N) is 1. The Balaban J connectivity index is 1.56. The number of fused-ring (bicyclic) bond motifs is 1. The van der Waals surface area contributed by atoms with E-state index in [4.69, 9.17) is 4.74 Å². The summed E-state index contributed by atoms with van der Waals surface area (Å²) >= 11 is 0. The number of likely N-dealkylation sites (tertiary alicyclic amines) is 1. The van der Waals surface area contributed by atoms with Crippen molar-refractivity contribution >= 4 is 26.5 Å². The summed E-state index contributed by atoms with van der Waals surface area (Å²) < 4.78 is 44.7. The molecule has 1 aliphatic rings. The van der Waals surface area contributed by atoms with E-state index in [-0.39, 0.29) is 10.8 Å². The van der Waals surface area contributed by atoms with Gasteiger partial charge in [-0.25, -0.2) is 12.8 Å². The van der Waals surface area contributed by atoms with Gasteiger partial charge in [0.05, 0.1) is 22.3 Å². The molecule has 0 aliphatic carbocycles. The number of sulfone groups is 1. The van der Waals surface area contributed by atoms with Crippen LogP contribution in [-0.4, -0.2) is 44.2 Å². The second kappa shape index (κ2) is 8.67. The van der Waals surface area contributed by atoms with Crippen molar-refractivity contribution in [3.63, 3.8) is 0 Å². The highest BCUT2D eigenvalue weighted by atomic mass is 32.2. The van der Waals surface area contributed by atoms with E-state index in [0.29, 0.717) is 43.9 Å². The van der Waals surface area contributed by atoms with Gasteiger partial charge in [0, 0.05) is 13.1 Å². The number of benzene rings is 3. The zero-order valence-corrected chi connectivity index (χ0v) is 18.1. The lowest BCUT2D eigenvalue weighted by Crippen LogP contribution is -2.42. The predicted octanol–water partition coefficient (Wildman–Crippen LogP) is 4.46. The van der Waals surface area contributed by atoms with Crippen LogP contribution in [0, 0.1) is 5.82 Å². The average molecular weight is 442 g/mol. The van der Waals surface area contributed by atoms with E-state index in [1.807, 2.05) is 43.3 Å². The van der Waals surface area contributed by atoms with Crippen molar-refractivity contribution < 1.29 is 22.3 Å². The van der Waals surface area contributed by atoms with Gasteiger partial charge in [0.25, 0.3) is 5.91 Å². The van der Waals surface area contributed by atoms with E-state index in [1.54, 1.807) is 4.90 Å². The van der Waals surface area contributed by atoms with Gasteiger partial charge in [0.1, 0.15) is 11.6 Å². The van der Waals surface area contributed by atoms with Crippen molar-refractivity contribution in [1.29, 1.82) is 0 Å². The van der Waals surface area contributed by atoms with E-state index < -0.39 is 20.9 Å². The number of hydrogen-bond donors (Lipinski definition) is 0. The lowest BCUT2D eigenvalue weighted by molar-refractivity contribution is 0.0723. The average Bonchev–Trinajstić information content (AvgIpc) is 2.79. The van der Waals surface area contributed by atoms with Crippen LogP contribution < -0.4 is 4.74 Å². The number of ether oxygens (including phenoxy) is 1. The monoisotopic (exact) mass is 441 g/mol. The molecule has 0 aromatic heterocycles. The maximum atomic E-state index is 13.4. The molecular formula is C24H24FNO4S. The van der Waals surface area contributed by atoms with Crippen LogP contribution in [0.25, 0.3) is 10.8 Å². The maximum Gasteiger partial charge on any atom is 0.258 e. The molecular weight excluding hydrogens is 417 g/mol. The Morgan fingerprint density at radius 3 is 2.39 bits per heavy atom. The zero-order valence-electron chi connectivity index (χ0n) is 17.3. The largest absolute Gasteiger partial charge is 0.493 e. The Morgan fingerprint density at radius 2 is 1.71 bits per heavy atom. The first-order valence-electron chi connectivity index (χ1n) is 10.3. The Labute approximate surface area is 181 Å². The van der Waals surface area contributed by atoms with Crippen molar-refractivity contribution in [2.45, 2.75) is 29.9 Å². The third-order valence-corrected chi connectivity index (χ3v) is 7.99. The minimum atomic E-state index is -3.57. The van der Waals surface area contributed by atoms with Gasteiger partial charge >= 0.3 is 0 Å². The van der Waals surface area contributed by atoms with Gasteiger partial charge in [-0.15, -0.1) is 0 Å². The molecule has 3 aromatic rings. The molecule has 1 aliphatic heterocycles. The fourth-order valence-electron chi connectivity index (χ4n) is 4.09. The lowest BCUT2D eigenvalue weighted by Gasteiger charge is -2.32. The van der Waals surface area contributed by atoms with Crippen LogP contribution in [0.2, 0.25) is 0 Å². The third kappa shape index (κ3) is 4.14. The minimum absolute atomic E-state index is 0.117. The van der Waals surface area contributed by atoms with Crippen LogP contribution in [0.4, 0.5) is 4.39 Å².